The molecule has 2 aromatic carbocycles. The monoisotopic (exact) mass is 309 g/mol. The topological polar surface area (TPSA) is 50.9 Å². The van der Waals surface area contributed by atoms with Gasteiger partial charge in [0.05, 0.1) is 0 Å². The van der Waals surface area contributed by atoms with Crippen LogP contribution in [0.5, 0.6) is 5.75 Å². The fraction of sp³-hybridized carbons (Fsp3) is 0.368. The summed E-state index contributed by atoms with van der Waals surface area (Å²) < 4.78 is 0. The maximum absolute atomic E-state index is 10.3. The second-order valence-corrected chi connectivity index (χ2v) is 6.12. The first kappa shape index (κ1) is 15.5. The van der Waals surface area contributed by atoms with E-state index in [1.165, 1.54) is 24.1 Å². The lowest BCUT2D eigenvalue weighted by atomic mass is 10.1. The number of benzene rings is 2. The van der Waals surface area contributed by atoms with Gasteiger partial charge in [0.1, 0.15) is 22.5 Å². The molecule has 0 radical (unpaired) electrons. The average Bonchev–Trinajstić information content (AvgIpc) is 2.94. The van der Waals surface area contributed by atoms with Gasteiger partial charge in [-0.3, -0.25) is 0 Å². The smallest absolute Gasteiger partial charge is 0.143 e. The number of phenols is 1. The Morgan fingerprint density at radius 2 is 1.78 bits per heavy atom. The van der Waals surface area contributed by atoms with E-state index in [1.54, 1.807) is 0 Å². The maximum Gasteiger partial charge on any atom is 0.143 e. The number of fused-ring (bicyclic) bond motifs is 1. The fourth-order valence-electron chi connectivity index (χ4n) is 2.78. The number of aryl methyl sites for hydroxylation is 2. The van der Waals surface area contributed by atoms with E-state index in [9.17, 15) is 5.11 Å². The van der Waals surface area contributed by atoms with Gasteiger partial charge in [0.15, 0.2) is 0 Å². The van der Waals surface area contributed by atoms with Gasteiger partial charge in [-0.05, 0) is 55.2 Å². The molecule has 0 atom stereocenters. The van der Waals surface area contributed by atoms with Crippen molar-refractivity contribution in [2.24, 2.45) is 0 Å². The van der Waals surface area contributed by atoms with Crippen molar-refractivity contribution in [3.63, 3.8) is 0 Å². The summed E-state index contributed by atoms with van der Waals surface area (Å²) >= 11 is 0. The molecule has 0 saturated heterocycles. The zero-order valence-electron chi connectivity index (χ0n) is 13.8. The predicted molar refractivity (Wildman–Crippen MR) is 93.1 cm³/mol. The molecule has 0 aliphatic carbocycles. The first-order chi connectivity index (χ1) is 11.2. The van der Waals surface area contributed by atoms with Crippen LogP contribution in [0.25, 0.3) is 16.7 Å². The number of hydrogen-bond donors (Lipinski definition) is 1. The summed E-state index contributed by atoms with van der Waals surface area (Å²) in [7, 11) is 0. The van der Waals surface area contributed by atoms with E-state index in [0.717, 1.165) is 35.0 Å². The summed E-state index contributed by atoms with van der Waals surface area (Å²) in [5.41, 5.74) is 4.61. The summed E-state index contributed by atoms with van der Waals surface area (Å²) in [6, 6.07) is 11.8. The standard InChI is InChI=1S/C19H23N3O/c1-3-4-5-6-7-15-9-11-18(19(23)13-15)22-20-16-10-8-14(2)12-17(16)21-22/h8-13,23H,3-7H2,1-2H3. The van der Waals surface area contributed by atoms with E-state index >= 15 is 0 Å². The highest BCUT2D eigenvalue weighted by molar-refractivity contribution is 5.74. The maximum atomic E-state index is 10.3. The molecular weight excluding hydrogens is 286 g/mol. The molecular formula is C19H23N3O. The minimum absolute atomic E-state index is 0.231. The molecule has 1 aromatic heterocycles. The SMILES string of the molecule is CCCCCCc1ccc(-n2nc3ccc(C)cc3n2)c(O)c1. The third-order valence-electron chi connectivity index (χ3n) is 4.11. The van der Waals surface area contributed by atoms with Crippen LogP contribution in [-0.2, 0) is 6.42 Å². The van der Waals surface area contributed by atoms with Crippen LogP contribution < -0.4 is 0 Å². The van der Waals surface area contributed by atoms with Crippen molar-refractivity contribution >= 4 is 11.0 Å². The third-order valence-corrected chi connectivity index (χ3v) is 4.11. The minimum Gasteiger partial charge on any atom is -0.506 e. The quantitative estimate of drug-likeness (QED) is 0.679. The van der Waals surface area contributed by atoms with Gasteiger partial charge in [-0.1, -0.05) is 38.3 Å². The summed E-state index contributed by atoms with van der Waals surface area (Å²) in [5, 5.41) is 19.2. The van der Waals surface area contributed by atoms with Crippen molar-refractivity contribution in [1.29, 1.82) is 0 Å². The van der Waals surface area contributed by atoms with Crippen LogP contribution >= 0.6 is 0 Å². The highest BCUT2D eigenvalue weighted by Crippen LogP contribution is 2.24. The molecule has 0 aliphatic heterocycles. The highest BCUT2D eigenvalue weighted by Gasteiger charge is 2.09. The number of nitrogens with zero attached hydrogens (tertiary/aromatic N) is 3. The predicted octanol–water partition coefficient (Wildman–Crippen LogP) is 4.56. The van der Waals surface area contributed by atoms with Crippen molar-refractivity contribution in [3.8, 4) is 11.4 Å². The van der Waals surface area contributed by atoms with Crippen molar-refractivity contribution in [2.75, 3.05) is 0 Å². The first-order valence-electron chi connectivity index (χ1n) is 8.33. The van der Waals surface area contributed by atoms with Gasteiger partial charge in [-0.25, -0.2) is 0 Å². The summed E-state index contributed by atoms with van der Waals surface area (Å²) in [6.45, 7) is 4.24. The molecule has 4 heteroatoms. The van der Waals surface area contributed by atoms with E-state index in [-0.39, 0.29) is 5.75 Å². The van der Waals surface area contributed by atoms with E-state index in [2.05, 4.69) is 23.2 Å². The van der Waals surface area contributed by atoms with Gasteiger partial charge in [-0.2, -0.15) is 0 Å². The number of hydrogen-bond acceptors (Lipinski definition) is 3. The normalized spacial score (nSPS) is 11.2. The molecule has 4 nitrogen and oxygen atoms in total. The molecule has 0 saturated carbocycles. The van der Waals surface area contributed by atoms with Crippen LogP contribution in [0.3, 0.4) is 0 Å². The Hall–Kier alpha value is -2.36. The van der Waals surface area contributed by atoms with Crippen LogP contribution in [0.2, 0.25) is 0 Å². The van der Waals surface area contributed by atoms with Crippen molar-refractivity contribution in [2.45, 2.75) is 46.0 Å². The van der Waals surface area contributed by atoms with Crippen LogP contribution in [0.15, 0.2) is 36.4 Å². The van der Waals surface area contributed by atoms with Gasteiger partial charge in [0.25, 0.3) is 0 Å². The van der Waals surface area contributed by atoms with Gasteiger partial charge in [0.2, 0.25) is 0 Å². The minimum atomic E-state index is 0.231. The Morgan fingerprint density at radius 1 is 0.957 bits per heavy atom. The Labute approximate surface area is 136 Å². The van der Waals surface area contributed by atoms with E-state index in [0.29, 0.717) is 5.69 Å². The number of aromatic hydroxyl groups is 1. The lowest BCUT2D eigenvalue weighted by Crippen LogP contribution is -1.99. The van der Waals surface area contributed by atoms with Gasteiger partial charge in [-0.15, -0.1) is 15.0 Å². The molecule has 0 fully saturated rings. The van der Waals surface area contributed by atoms with E-state index < -0.39 is 0 Å². The van der Waals surface area contributed by atoms with Crippen molar-refractivity contribution in [3.05, 3.63) is 47.5 Å². The number of aromatic nitrogens is 3. The molecule has 3 aromatic rings. The Bertz CT molecular complexity index is 807. The van der Waals surface area contributed by atoms with E-state index in [1.807, 2.05) is 37.3 Å². The van der Waals surface area contributed by atoms with Crippen LogP contribution in [0.4, 0.5) is 0 Å². The van der Waals surface area contributed by atoms with Crippen molar-refractivity contribution in [1.82, 2.24) is 15.0 Å². The third kappa shape index (κ3) is 3.52. The molecule has 0 amide bonds. The highest BCUT2D eigenvalue weighted by atomic mass is 16.3. The fourth-order valence-corrected chi connectivity index (χ4v) is 2.78. The Balaban J connectivity index is 1.81. The lowest BCUT2D eigenvalue weighted by Gasteiger charge is -2.06. The molecule has 0 spiro atoms. The Morgan fingerprint density at radius 3 is 2.57 bits per heavy atom. The summed E-state index contributed by atoms with van der Waals surface area (Å²) in [4.78, 5) is 1.51. The largest absolute Gasteiger partial charge is 0.506 e. The molecule has 1 N–H and O–H groups in total. The molecule has 120 valence electrons. The molecule has 23 heavy (non-hydrogen) atoms. The van der Waals surface area contributed by atoms with Gasteiger partial charge < -0.3 is 5.11 Å². The molecule has 1 heterocycles. The summed E-state index contributed by atoms with van der Waals surface area (Å²) in [5.74, 6) is 0.231. The number of rotatable bonds is 6. The van der Waals surface area contributed by atoms with Crippen LogP contribution in [0.1, 0.15) is 43.7 Å². The molecule has 0 aliphatic rings. The number of unbranched alkanes of at least 4 members (excludes halogenated alkanes) is 3. The summed E-state index contributed by atoms with van der Waals surface area (Å²) in [6.07, 6.45) is 5.91. The first-order valence-corrected chi connectivity index (χ1v) is 8.33. The second-order valence-electron chi connectivity index (χ2n) is 6.12. The zero-order valence-corrected chi connectivity index (χ0v) is 13.8. The average molecular weight is 309 g/mol. The molecule has 3 rings (SSSR count). The lowest BCUT2D eigenvalue weighted by molar-refractivity contribution is 0.466. The van der Waals surface area contributed by atoms with Gasteiger partial charge >= 0.3 is 0 Å². The van der Waals surface area contributed by atoms with E-state index in [4.69, 9.17) is 0 Å². The molecule has 0 bridgehead atoms. The van der Waals surface area contributed by atoms with Crippen LogP contribution in [-0.4, -0.2) is 20.1 Å². The Kier molecular flexibility index (Phi) is 4.60. The second kappa shape index (κ2) is 6.82. The molecule has 0 unspecified atom stereocenters. The van der Waals surface area contributed by atoms with Crippen molar-refractivity contribution < 1.29 is 5.11 Å². The van der Waals surface area contributed by atoms with Gasteiger partial charge in [0, 0.05) is 0 Å². The number of phenolic OH excluding ortho intramolecular Hbond substituents is 1. The zero-order chi connectivity index (χ0) is 16.2. The van der Waals surface area contributed by atoms with Crippen LogP contribution in [0, 0.1) is 6.92 Å².